The SMILES string of the molecule is CC(=O)Oc1ccc(C(=O)O[Si](C)(C)C)cc1. The summed E-state index contributed by atoms with van der Waals surface area (Å²) in [6, 6.07) is 6.31. The zero-order chi connectivity index (χ0) is 13.1. The average Bonchev–Trinajstić information content (AvgIpc) is 2.15. The summed E-state index contributed by atoms with van der Waals surface area (Å²) in [4.78, 5) is 22.4. The number of benzene rings is 1. The topological polar surface area (TPSA) is 52.6 Å². The minimum absolute atomic E-state index is 0.335. The fourth-order valence-corrected chi connectivity index (χ4v) is 1.84. The number of hydrogen-bond acceptors (Lipinski definition) is 4. The predicted octanol–water partition coefficient (Wildman–Crippen LogP) is 2.60. The van der Waals surface area contributed by atoms with Gasteiger partial charge in [0.1, 0.15) is 5.75 Å². The van der Waals surface area contributed by atoms with Crippen LogP contribution in [0.3, 0.4) is 0 Å². The van der Waals surface area contributed by atoms with E-state index in [1.54, 1.807) is 24.3 Å². The van der Waals surface area contributed by atoms with Crippen LogP contribution in [0, 0.1) is 0 Å². The van der Waals surface area contributed by atoms with Crippen LogP contribution < -0.4 is 4.74 Å². The minimum atomic E-state index is -1.88. The van der Waals surface area contributed by atoms with Crippen molar-refractivity contribution in [3.05, 3.63) is 29.8 Å². The molecule has 0 amide bonds. The highest BCUT2D eigenvalue weighted by molar-refractivity contribution is 6.71. The molecule has 0 radical (unpaired) electrons. The lowest BCUT2D eigenvalue weighted by Gasteiger charge is -2.17. The summed E-state index contributed by atoms with van der Waals surface area (Å²) in [5.41, 5.74) is 0.461. The third kappa shape index (κ3) is 4.82. The summed E-state index contributed by atoms with van der Waals surface area (Å²) in [5, 5.41) is 0. The Kier molecular flexibility index (Phi) is 4.06. The molecule has 1 aromatic carbocycles. The normalized spacial score (nSPS) is 10.8. The van der Waals surface area contributed by atoms with Gasteiger partial charge in [-0.1, -0.05) is 0 Å². The van der Waals surface area contributed by atoms with E-state index in [0.29, 0.717) is 11.3 Å². The fraction of sp³-hybridized carbons (Fsp3) is 0.333. The molecule has 1 rings (SSSR count). The molecule has 92 valence electrons. The Balaban J connectivity index is 2.74. The number of hydrogen-bond donors (Lipinski definition) is 0. The Morgan fingerprint density at radius 1 is 1.06 bits per heavy atom. The Bertz CT molecular complexity index is 417. The van der Waals surface area contributed by atoms with Crippen molar-refractivity contribution in [1.29, 1.82) is 0 Å². The molecule has 0 atom stereocenters. The van der Waals surface area contributed by atoms with Crippen molar-refractivity contribution in [1.82, 2.24) is 0 Å². The van der Waals surface area contributed by atoms with E-state index < -0.39 is 8.32 Å². The molecule has 0 unspecified atom stereocenters. The lowest BCUT2D eigenvalue weighted by atomic mass is 10.2. The molecule has 0 N–H and O–H groups in total. The van der Waals surface area contributed by atoms with Crippen molar-refractivity contribution in [3.8, 4) is 5.75 Å². The van der Waals surface area contributed by atoms with E-state index in [4.69, 9.17) is 9.16 Å². The second-order valence-corrected chi connectivity index (χ2v) is 9.05. The standard InChI is InChI=1S/C12H16O4Si/c1-9(13)15-11-7-5-10(6-8-11)12(14)16-17(2,3)4/h5-8H,1-4H3. The molecule has 17 heavy (non-hydrogen) atoms. The first-order valence-corrected chi connectivity index (χ1v) is 8.70. The Morgan fingerprint density at radius 2 is 1.59 bits per heavy atom. The van der Waals surface area contributed by atoms with Crippen molar-refractivity contribution < 1.29 is 18.8 Å². The van der Waals surface area contributed by atoms with Crippen LogP contribution in [0.1, 0.15) is 17.3 Å². The van der Waals surface area contributed by atoms with E-state index in [-0.39, 0.29) is 11.9 Å². The molecule has 0 aromatic heterocycles. The van der Waals surface area contributed by atoms with E-state index in [1.165, 1.54) is 6.92 Å². The van der Waals surface area contributed by atoms with Crippen LogP contribution >= 0.6 is 0 Å². The number of carbonyl (C=O) groups excluding carboxylic acids is 2. The molecule has 0 saturated carbocycles. The molecule has 0 aliphatic rings. The van der Waals surface area contributed by atoms with Crippen LogP contribution in [0.5, 0.6) is 5.75 Å². The van der Waals surface area contributed by atoms with Gasteiger partial charge in [0.25, 0.3) is 0 Å². The van der Waals surface area contributed by atoms with Gasteiger partial charge in [-0.15, -0.1) is 0 Å². The van der Waals surface area contributed by atoms with Crippen molar-refractivity contribution >= 4 is 20.3 Å². The molecular weight excluding hydrogens is 236 g/mol. The highest BCUT2D eigenvalue weighted by Crippen LogP contribution is 2.15. The van der Waals surface area contributed by atoms with Crippen molar-refractivity contribution in [3.63, 3.8) is 0 Å². The van der Waals surface area contributed by atoms with Crippen molar-refractivity contribution in [2.75, 3.05) is 0 Å². The Morgan fingerprint density at radius 3 is 2.00 bits per heavy atom. The van der Waals surface area contributed by atoms with Gasteiger partial charge in [0, 0.05) is 6.92 Å². The van der Waals surface area contributed by atoms with E-state index >= 15 is 0 Å². The molecule has 0 heterocycles. The minimum Gasteiger partial charge on any atom is -0.516 e. The van der Waals surface area contributed by atoms with Gasteiger partial charge >= 0.3 is 11.9 Å². The third-order valence-electron chi connectivity index (χ3n) is 1.75. The van der Waals surface area contributed by atoms with Gasteiger partial charge in [0.05, 0.1) is 5.56 Å². The zero-order valence-electron chi connectivity index (χ0n) is 10.4. The number of rotatable bonds is 3. The first kappa shape index (κ1) is 13.4. The van der Waals surface area contributed by atoms with Crippen molar-refractivity contribution in [2.45, 2.75) is 26.6 Å². The monoisotopic (exact) mass is 252 g/mol. The van der Waals surface area contributed by atoms with Gasteiger partial charge < -0.3 is 9.16 Å². The van der Waals surface area contributed by atoms with Gasteiger partial charge in [0.15, 0.2) is 0 Å². The molecule has 0 fully saturated rings. The van der Waals surface area contributed by atoms with Crippen LogP contribution in [-0.2, 0) is 9.22 Å². The Labute approximate surface area is 102 Å². The van der Waals surface area contributed by atoms with Crippen molar-refractivity contribution in [2.24, 2.45) is 0 Å². The van der Waals surface area contributed by atoms with E-state index in [2.05, 4.69) is 0 Å². The lowest BCUT2D eigenvalue weighted by molar-refractivity contribution is -0.131. The largest absolute Gasteiger partial charge is 0.516 e. The molecule has 5 heteroatoms. The summed E-state index contributed by atoms with van der Waals surface area (Å²) in [6.45, 7) is 7.15. The average molecular weight is 252 g/mol. The Hall–Kier alpha value is -1.62. The maximum Gasteiger partial charge on any atom is 0.324 e. The van der Waals surface area contributed by atoms with Gasteiger partial charge in [0.2, 0.25) is 8.32 Å². The summed E-state index contributed by atoms with van der Waals surface area (Å²) < 4.78 is 10.2. The second kappa shape index (κ2) is 5.14. The maximum atomic E-state index is 11.7. The number of carbonyl (C=O) groups is 2. The predicted molar refractivity (Wildman–Crippen MR) is 66.5 cm³/mol. The van der Waals surface area contributed by atoms with Crippen LogP contribution in [0.25, 0.3) is 0 Å². The second-order valence-electron chi connectivity index (χ2n) is 4.62. The molecule has 1 aromatic rings. The molecule has 4 nitrogen and oxygen atoms in total. The van der Waals surface area contributed by atoms with E-state index in [1.807, 2.05) is 19.6 Å². The molecule has 0 aliphatic carbocycles. The smallest absolute Gasteiger partial charge is 0.324 e. The molecule has 0 aliphatic heterocycles. The van der Waals surface area contributed by atoms with Gasteiger partial charge in [-0.3, -0.25) is 4.79 Å². The van der Waals surface area contributed by atoms with Crippen LogP contribution in [0.4, 0.5) is 0 Å². The zero-order valence-corrected chi connectivity index (χ0v) is 11.4. The van der Waals surface area contributed by atoms with Gasteiger partial charge in [-0.05, 0) is 43.9 Å². The highest BCUT2D eigenvalue weighted by atomic mass is 28.4. The lowest BCUT2D eigenvalue weighted by Crippen LogP contribution is -2.29. The fourth-order valence-electron chi connectivity index (χ4n) is 1.16. The summed E-state index contributed by atoms with van der Waals surface area (Å²) >= 11 is 0. The summed E-state index contributed by atoms with van der Waals surface area (Å²) in [7, 11) is -1.88. The highest BCUT2D eigenvalue weighted by Gasteiger charge is 2.20. The number of ether oxygens (including phenoxy) is 1. The number of esters is 1. The molecule has 0 bridgehead atoms. The van der Waals surface area contributed by atoms with E-state index in [9.17, 15) is 9.59 Å². The van der Waals surface area contributed by atoms with Crippen LogP contribution in [0.2, 0.25) is 19.6 Å². The maximum absolute atomic E-state index is 11.7. The van der Waals surface area contributed by atoms with Crippen LogP contribution in [0.15, 0.2) is 24.3 Å². The quantitative estimate of drug-likeness (QED) is 0.471. The first-order chi connectivity index (χ1) is 7.78. The van der Waals surface area contributed by atoms with Gasteiger partial charge in [-0.2, -0.15) is 0 Å². The molecule has 0 saturated heterocycles. The molecule has 0 spiro atoms. The summed E-state index contributed by atoms with van der Waals surface area (Å²) in [6.07, 6.45) is 0. The first-order valence-electron chi connectivity index (χ1n) is 5.30. The molecular formula is C12H16O4Si. The van der Waals surface area contributed by atoms with E-state index in [0.717, 1.165) is 0 Å². The van der Waals surface area contributed by atoms with Crippen LogP contribution in [-0.4, -0.2) is 20.3 Å². The third-order valence-corrected chi connectivity index (χ3v) is 2.55. The van der Waals surface area contributed by atoms with Gasteiger partial charge in [-0.25, -0.2) is 4.79 Å². The summed E-state index contributed by atoms with van der Waals surface area (Å²) in [5.74, 6) is -0.303.